The van der Waals surface area contributed by atoms with E-state index < -0.39 is 0 Å². The molecule has 1 aromatic carbocycles. The van der Waals surface area contributed by atoms with Crippen LogP contribution >= 0.6 is 15.9 Å². The van der Waals surface area contributed by atoms with E-state index in [9.17, 15) is 4.39 Å². The molecule has 0 aliphatic rings. The SMILES string of the molecule is Cc1cccc(NC(C)c2ccc(Br)o2)c1F. The van der Waals surface area contributed by atoms with Gasteiger partial charge in [-0.2, -0.15) is 0 Å². The molecule has 0 bridgehead atoms. The Morgan fingerprint density at radius 1 is 1.29 bits per heavy atom. The highest BCUT2D eigenvalue weighted by Crippen LogP contribution is 2.25. The largest absolute Gasteiger partial charge is 0.452 e. The lowest BCUT2D eigenvalue weighted by Gasteiger charge is -2.14. The summed E-state index contributed by atoms with van der Waals surface area (Å²) in [4.78, 5) is 0. The molecule has 2 nitrogen and oxygen atoms in total. The average Bonchev–Trinajstić information content (AvgIpc) is 2.72. The quantitative estimate of drug-likeness (QED) is 0.891. The van der Waals surface area contributed by atoms with Gasteiger partial charge in [-0.1, -0.05) is 12.1 Å². The minimum absolute atomic E-state index is 0.0856. The predicted molar refractivity (Wildman–Crippen MR) is 69.6 cm³/mol. The summed E-state index contributed by atoms with van der Waals surface area (Å²) in [6, 6.07) is 8.88. The third-order valence-electron chi connectivity index (χ3n) is 2.58. The molecule has 1 atom stereocenters. The van der Waals surface area contributed by atoms with Gasteiger partial charge in [-0.05, 0) is 53.5 Å². The maximum atomic E-state index is 13.8. The van der Waals surface area contributed by atoms with E-state index in [1.54, 1.807) is 19.1 Å². The molecule has 1 N–H and O–H groups in total. The lowest BCUT2D eigenvalue weighted by atomic mass is 10.2. The van der Waals surface area contributed by atoms with E-state index >= 15 is 0 Å². The molecule has 1 unspecified atom stereocenters. The summed E-state index contributed by atoms with van der Waals surface area (Å²) < 4.78 is 19.9. The fourth-order valence-electron chi connectivity index (χ4n) is 1.62. The molecule has 0 aliphatic heterocycles. The number of nitrogens with one attached hydrogen (secondary N) is 1. The van der Waals surface area contributed by atoms with Crippen molar-refractivity contribution in [2.75, 3.05) is 5.32 Å². The van der Waals surface area contributed by atoms with Crippen LogP contribution in [-0.4, -0.2) is 0 Å². The lowest BCUT2D eigenvalue weighted by Crippen LogP contribution is -2.07. The Hall–Kier alpha value is -1.29. The fraction of sp³-hybridized carbons (Fsp3) is 0.231. The maximum absolute atomic E-state index is 13.8. The number of aryl methyl sites for hydroxylation is 1. The summed E-state index contributed by atoms with van der Waals surface area (Å²) in [5.74, 6) is 0.544. The molecule has 0 saturated heterocycles. The van der Waals surface area contributed by atoms with Crippen LogP contribution in [0, 0.1) is 12.7 Å². The highest BCUT2D eigenvalue weighted by Gasteiger charge is 2.12. The highest BCUT2D eigenvalue weighted by atomic mass is 79.9. The van der Waals surface area contributed by atoms with Gasteiger partial charge in [-0.3, -0.25) is 0 Å². The van der Waals surface area contributed by atoms with E-state index in [0.29, 0.717) is 15.9 Å². The summed E-state index contributed by atoms with van der Waals surface area (Å²) >= 11 is 3.24. The van der Waals surface area contributed by atoms with E-state index in [-0.39, 0.29) is 11.9 Å². The second kappa shape index (κ2) is 4.92. The van der Waals surface area contributed by atoms with Crippen LogP contribution in [0.3, 0.4) is 0 Å². The number of hydrogen-bond donors (Lipinski definition) is 1. The van der Waals surface area contributed by atoms with Gasteiger partial charge >= 0.3 is 0 Å². The first kappa shape index (κ1) is 12.2. The van der Waals surface area contributed by atoms with Crippen LogP contribution < -0.4 is 5.32 Å². The zero-order valence-corrected chi connectivity index (χ0v) is 11.2. The standard InChI is InChI=1S/C13H13BrFNO/c1-8-4-3-5-10(13(8)15)16-9(2)11-6-7-12(14)17-11/h3-7,9,16H,1-2H3. The van der Waals surface area contributed by atoms with Crippen LogP contribution in [0.4, 0.5) is 10.1 Å². The third kappa shape index (κ3) is 2.69. The van der Waals surface area contributed by atoms with Gasteiger partial charge in [-0.25, -0.2) is 4.39 Å². The third-order valence-corrected chi connectivity index (χ3v) is 3.01. The van der Waals surface area contributed by atoms with E-state index in [1.807, 2.05) is 25.1 Å². The van der Waals surface area contributed by atoms with Gasteiger partial charge in [0.2, 0.25) is 0 Å². The van der Waals surface area contributed by atoms with Crippen molar-refractivity contribution < 1.29 is 8.81 Å². The van der Waals surface area contributed by atoms with Crippen molar-refractivity contribution in [1.29, 1.82) is 0 Å². The molecular weight excluding hydrogens is 285 g/mol. The molecule has 2 rings (SSSR count). The molecule has 17 heavy (non-hydrogen) atoms. The molecule has 0 aliphatic carbocycles. The monoisotopic (exact) mass is 297 g/mol. The van der Waals surface area contributed by atoms with Crippen molar-refractivity contribution in [2.24, 2.45) is 0 Å². The van der Waals surface area contributed by atoms with Gasteiger partial charge in [0, 0.05) is 0 Å². The summed E-state index contributed by atoms with van der Waals surface area (Å²) in [5, 5.41) is 3.09. The first-order chi connectivity index (χ1) is 8.08. The van der Waals surface area contributed by atoms with E-state index in [1.165, 1.54) is 0 Å². The van der Waals surface area contributed by atoms with Crippen LogP contribution in [0.2, 0.25) is 0 Å². The van der Waals surface area contributed by atoms with Crippen molar-refractivity contribution in [3.63, 3.8) is 0 Å². The molecule has 0 saturated carbocycles. The van der Waals surface area contributed by atoms with Gasteiger partial charge < -0.3 is 9.73 Å². The van der Waals surface area contributed by atoms with E-state index in [0.717, 1.165) is 5.76 Å². The summed E-state index contributed by atoms with van der Waals surface area (Å²) in [6.45, 7) is 3.67. The zero-order chi connectivity index (χ0) is 12.4. The molecule has 4 heteroatoms. The van der Waals surface area contributed by atoms with Gasteiger partial charge in [0.25, 0.3) is 0 Å². The Bertz CT molecular complexity index is 524. The Kier molecular flexibility index (Phi) is 3.52. The number of anilines is 1. The molecule has 90 valence electrons. The Balaban J connectivity index is 2.18. The molecule has 1 heterocycles. The smallest absolute Gasteiger partial charge is 0.169 e. The normalized spacial score (nSPS) is 12.5. The van der Waals surface area contributed by atoms with Crippen molar-refractivity contribution >= 4 is 21.6 Å². The van der Waals surface area contributed by atoms with Gasteiger partial charge in [0.1, 0.15) is 11.6 Å². The van der Waals surface area contributed by atoms with Gasteiger partial charge in [0.15, 0.2) is 4.67 Å². The van der Waals surface area contributed by atoms with Crippen LogP contribution in [0.1, 0.15) is 24.3 Å². The second-order valence-corrected chi connectivity index (χ2v) is 4.73. The van der Waals surface area contributed by atoms with Crippen LogP contribution in [0.25, 0.3) is 0 Å². The van der Waals surface area contributed by atoms with E-state index in [2.05, 4.69) is 21.2 Å². The number of hydrogen-bond acceptors (Lipinski definition) is 2. The van der Waals surface area contributed by atoms with Gasteiger partial charge in [-0.15, -0.1) is 0 Å². The van der Waals surface area contributed by atoms with Crippen molar-refractivity contribution in [2.45, 2.75) is 19.9 Å². The molecule has 0 fully saturated rings. The number of rotatable bonds is 3. The fourth-order valence-corrected chi connectivity index (χ4v) is 1.94. The summed E-state index contributed by atoms with van der Waals surface area (Å²) in [5.41, 5.74) is 1.12. The number of halogens is 2. The zero-order valence-electron chi connectivity index (χ0n) is 9.63. The Labute approximate surface area is 108 Å². The Morgan fingerprint density at radius 3 is 2.71 bits per heavy atom. The molecule has 0 radical (unpaired) electrons. The topological polar surface area (TPSA) is 25.2 Å². The summed E-state index contributed by atoms with van der Waals surface area (Å²) in [6.07, 6.45) is 0. The molecular formula is C13H13BrFNO. The molecule has 0 spiro atoms. The Morgan fingerprint density at radius 2 is 2.06 bits per heavy atom. The molecule has 0 amide bonds. The minimum atomic E-state index is -0.218. The van der Waals surface area contributed by atoms with Crippen molar-refractivity contribution in [3.8, 4) is 0 Å². The molecule has 1 aromatic heterocycles. The van der Waals surface area contributed by atoms with Gasteiger partial charge in [0.05, 0.1) is 11.7 Å². The van der Waals surface area contributed by atoms with Crippen molar-refractivity contribution in [1.82, 2.24) is 0 Å². The predicted octanol–water partition coefficient (Wildman–Crippen LogP) is 4.66. The summed E-state index contributed by atoms with van der Waals surface area (Å²) in [7, 11) is 0. The lowest BCUT2D eigenvalue weighted by molar-refractivity contribution is 0.470. The van der Waals surface area contributed by atoms with Crippen LogP contribution in [-0.2, 0) is 0 Å². The number of benzene rings is 1. The van der Waals surface area contributed by atoms with E-state index in [4.69, 9.17) is 4.42 Å². The van der Waals surface area contributed by atoms with Crippen LogP contribution in [0.15, 0.2) is 39.4 Å². The highest BCUT2D eigenvalue weighted by molar-refractivity contribution is 9.10. The van der Waals surface area contributed by atoms with Crippen molar-refractivity contribution in [3.05, 3.63) is 52.1 Å². The molecule has 2 aromatic rings. The average molecular weight is 298 g/mol. The first-order valence-corrected chi connectivity index (χ1v) is 6.14. The minimum Gasteiger partial charge on any atom is -0.452 e. The number of furan rings is 1. The maximum Gasteiger partial charge on any atom is 0.169 e. The van der Waals surface area contributed by atoms with Crippen LogP contribution in [0.5, 0.6) is 0 Å². The first-order valence-electron chi connectivity index (χ1n) is 5.35. The second-order valence-electron chi connectivity index (χ2n) is 3.94.